The minimum Gasteiger partial charge on any atom is -0.305 e. The van der Waals surface area contributed by atoms with Gasteiger partial charge in [-0.3, -0.25) is 4.79 Å². The predicted octanol–water partition coefficient (Wildman–Crippen LogP) is 4.47. The number of halogens is 3. The largest absolute Gasteiger partial charge is 0.433 e. The average molecular weight is 423 g/mol. The average Bonchev–Trinajstić information content (AvgIpc) is 3.15. The zero-order chi connectivity index (χ0) is 21.8. The molecule has 0 bridgehead atoms. The fourth-order valence-electron chi connectivity index (χ4n) is 3.92. The molecule has 9 heteroatoms. The van der Waals surface area contributed by atoms with Gasteiger partial charge in [0.05, 0.1) is 5.69 Å². The highest BCUT2D eigenvalue weighted by molar-refractivity contribution is 6.03. The fourth-order valence-corrected chi connectivity index (χ4v) is 3.92. The summed E-state index contributed by atoms with van der Waals surface area (Å²) in [5.74, 6) is -0.366. The number of alkyl halides is 3. The summed E-state index contributed by atoms with van der Waals surface area (Å²) in [5.41, 5.74) is 1.59. The Morgan fingerprint density at radius 3 is 2.65 bits per heavy atom. The molecule has 1 N–H and O–H groups in total. The summed E-state index contributed by atoms with van der Waals surface area (Å²) in [6, 6.07) is 13.6. The van der Waals surface area contributed by atoms with Crippen LogP contribution in [0.4, 0.5) is 19.0 Å². The standard InChI is InChI=1S/C22H16F3N5O/c1-12-5-4-8-17(26-12)27-21(31)16-11-18-28-19-14-7-3-2-6-13(14)9-10-15(19)20(22(23,24)25)30(18)29-16/h2-8,11H,9-10H2,1H3,(H,26,27,31). The SMILES string of the molecule is Cc1cccc(NC(=O)c2cc3nc4c(c(C(F)(F)F)n3n2)CCc2ccccc2-4)n1. The lowest BCUT2D eigenvalue weighted by atomic mass is 9.88. The van der Waals surface area contributed by atoms with Crippen molar-refractivity contribution in [2.75, 3.05) is 5.32 Å². The number of pyridine rings is 1. The number of nitrogens with zero attached hydrogens (tertiary/aromatic N) is 4. The third-order valence-electron chi connectivity index (χ3n) is 5.25. The zero-order valence-electron chi connectivity index (χ0n) is 16.4. The van der Waals surface area contributed by atoms with E-state index in [4.69, 9.17) is 0 Å². The molecule has 0 saturated carbocycles. The highest BCUT2D eigenvalue weighted by Crippen LogP contribution is 2.40. The summed E-state index contributed by atoms with van der Waals surface area (Å²) in [7, 11) is 0. The molecule has 0 saturated heterocycles. The van der Waals surface area contributed by atoms with Crippen LogP contribution in [0.25, 0.3) is 16.9 Å². The minimum absolute atomic E-state index is 0.0369. The van der Waals surface area contributed by atoms with E-state index < -0.39 is 17.8 Å². The smallest absolute Gasteiger partial charge is 0.305 e. The highest BCUT2D eigenvalue weighted by Gasteiger charge is 2.40. The third kappa shape index (κ3) is 3.31. The number of carbonyl (C=O) groups is 1. The number of anilines is 1. The van der Waals surface area contributed by atoms with Gasteiger partial charge in [-0.15, -0.1) is 0 Å². The van der Waals surface area contributed by atoms with E-state index >= 15 is 0 Å². The Morgan fingerprint density at radius 2 is 1.87 bits per heavy atom. The topological polar surface area (TPSA) is 72.2 Å². The van der Waals surface area contributed by atoms with Crippen LogP contribution in [0.1, 0.15) is 33.0 Å². The summed E-state index contributed by atoms with van der Waals surface area (Å²) >= 11 is 0. The number of fused-ring (bicyclic) bond motifs is 4. The summed E-state index contributed by atoms with van der Waals surface area (Å²) in [4.78, 5) is 21.3. The molecule has 3 aromatic heterocycles. The first-order valence-corrected chi connectivity index (χ1v) is 9.64. The number of rotatable bonds is 2. The molecule has 1 aromatic carbocycles. The molecule has 4 aromatic rings. The number of amides is 1. The van der Waals surface area contributed by atoms with Gasteiger partial charge in [0.25, 0.3) is 5.91 Å². The van der Waals surface area contributed by atoms with Crippen LogP contribution in [0.15, 0.2) is 48.5 Å². The van der Waals surface area contributed by atoms with Crippen LogP contribution >= 0.6 is 0 Å². The summed E-state index contributed by atoms with van der Waals surface area (Å²) in [6.07, 6.45) is -3.98. The maximum absolute atomic E-state index is 14.1. The van der Waals surface area contributed by atoms with E-state index in [1.807, 2.05) is 12.1 Å². The number of carbonyl (C=O) groups excluding carboxylic acids is 1. The Kier molecular flexibility index (Phi) is 4.28. The molecule has 1 aliphatic carbocycles. The Balaban J connectivity index is 1.66. The van der Waals surface area contributed by atoms with Crippen LogP contribution in [0.2, 0.25) is 0 Å². The molecule has 31 heavy (non-hydrogen) atoms. The number of benzene rings is 1. The Labute approximate surface area is 174 Å². The van der Waals surface area contributed by atoms with Crippen LogP contribution in [-0.4, -0.2) is 25.5 Å². The summed E-state index contributed by atoms with van der Waals surface area (Å²) < 4.78 is 43.0. The van der Waals surface area contributed by atoms with Crippen molar-refractivity contribution in [2.24, 2.45) is 0 Å². The molecule has 3 heterocycles. The molecule has 0 atom stereocenters. The Bertz CT molecular complexity index is 1340. The molecule has 5 rings (SSSR count). The quantitative estimate of drug-likeness (QED) is 0.516. The molecule has 156 valence electrons. The molecule has 0 spiro atoms. The predicted molar refractivity (Wildman–Crippen MR) is 108 cm³/mol. The van der Waals surface area contributed by atoms with Gasteiger partial charge in [0.2, 0.25) is 0 Å². The lowest BCUT2D eigenvalue weighted by molar-refractivity contribution is -0.143. The van der Waals surface area contributed by atoms with Gasteiger partial charge in [0, 0.05) is 22.9 Å². The molecular formula is C22H16F3N5O. The lowest BCUT2D eigenvalue weighted by Crippen LogP contribution is -2.21. The molecule has 0 radical (unpaired) electrons. The number of nitrogens with one attached hydrogen (secondary N) is 1. The van der Waals surface area contributed by atoms with Crippen LogP contribution in [0.5, 0.6) is 0 Å². The third-order valence-corrected chi connectivity index (χ3v) is 5.25. The van der Waals surface area contributed by atoms with Crippen molar-refractivity contribution in [1.82, 2.24) is 19.6 Å². The van der Waals surface area contributed by atoms with Crippen molar-refractivity contribution in [3.05, 3.63) is 76.7 Å². The van der Waals surface area contributed by atoms with Crippen LogP contribution in [0, 0.1) is 6.92 Å². The number of aromatic nitrogens is 4. The molecule has 0 unspecified atom stereocenters. The van der Waals surface area contributed by atoms with Crippen molar-refractivity contribution in [3.63, 3.8) is 0 Å². The van der Waals surface area contributed by atoms with Gasteiger partial charge in [-0.25, -0.2) is 14.5 Å². The van der Waals surface area contributed by atoms with E-state index in [2.05, 4.69) is 20.4 Å². The van der Waals surface area contributed by atoms with Crippen LogP contribution in [-0.2, 0) is 19.0 Å². The summed E-state index contributed by atoms with van der Waals surface area (Å²) in [5, 5.41) is 6.52. The lowest BCUT2D eigenvalue weighted by Gasteiger charge is -2.23. The van der Waals surface area contributed by atoms with Gasteiger partial charge in [-0.1, -0.05) is 30.3 Å². The first-order valence-electron chi connectivity index (χ1n) is 9.64. The zero-order valence-corrected chi connectivity index (χ0v) is 16.4. The fraction of sp³-hybridized carbons (Fsp3) is 0.182. The Hall–Kier alpha value is -3.75. The van der Waals surface area contributed by atoms with Gasteiger partial charge in [0.15, 0.2) is 17.0 Å². The van der Waals surface area contributed by atoms with Gasteiger partial charge >= 0.3 is 6.18 Å². The van der Waals surface area contributed by atoms with E-state index in [1.54, 1.807) is 37.3 Å². The number of hydrogen-bond donors (Lipinski definition) is 1. The molecule has 6 nitrogen and oxygen atoms in total. The second-order valence-corrected chi connectivity index (χ2v) is 7.36. The monoisotopic (exact) mass is 423 g/mol. The highest BCUT2D eigenvalue weighted by atomic mass is 19.4. The van der Waals surface area contributed by atoms with Gasteiger partial charge in [0.1, 0.15) is 5.82 Å². The Morgan fingerprint density at radius 1 is 1.06 bits per heavy atom. The van der Waals surface area contributed by atoms with Crippen molar-refractivity contribution in [1.29, 1.82) is 0 Å². The number of aryl methyl sites for hydroxylation is 2. The van der Waals surface area contributed by atoms with E-state index in [9.17, 15) is 18.0 Å². The van der Waals surface area contributed by atoms with Gasteiger partial charge in [-0.2, -0.15) is 18.3 Å². The van der Waals surface area contributed by atoms with Crippen molar-refractivity contribution in [3.8, 4) is 11.3 Å². The van der Waals surface area contributed by atoms with E-state index in [0.717, 1.165) is 10.1 Å². The molecule has 1 aliphatic rings. The minimum atomic E-state index is -4.66. The first kappa shape index (κ1) is 19.2. The van der Waals surface area contributed by atoms with Gasteiger partial charge < -0.3 is 5.32 Å². The van der Waals surface area contributed by atoms with Gasteiger partial charge in [-0.05, 0) is 37.5 Å². The van der Waals surface area contributed by atoms with E-state index in [-0.39, 0.29) is 29.0 Å². The van der Waals surface area contributed by atoms with Crippen molar-refractivity contribution >= 4 is 17.4 Å². The summed E-state index contributed by atoms with van der Waals surface area (Å²) in [6.45, 7) is 1.77. The second kappa shape index (κ2) is 6.90. The van der Waals surface area contributed by atoms with Crippen LogP contribution < -0.4 is 5.32 Å². The maximum Gasteiger partial charge on any atom is 0.433 e. The maximum atomic E-state index is 14.1. The van der Waals surface area contributed by atoms with Crippen molar-refractivity contribution in [2.45, 2.75) is 25.9 Å². The van der Waals surface area contributed by atoms with E-state index in [0.29, 0.717) is 23.5 Å². The number of hydrogen-bond acceptors (Lipinski definition) is 4. The molecule has 0 fully saturated rings. The normalized spacial score (nSPS) is 13.0. The molecule has 0 aliphatic heterocycles. The van der Waals surface area contributed by atoms with Crippen LogP contribution in [0.3, 0.4) is 0 Å². The second-order valence-electron chi connectivity index (χ2n) is 7.36. The first-order chi connectivity index (χ1) is 14.8. The molecule has 1 amide bonds. The molecular weight excluding hydrogens is 407 g/mol. The van der Waals surface area contributed by atoms with Crippen molar-refractivity contribution < 1.29 is 18.0 Å². The van der Waals surface area contributed by atoms with E-state index in [1.165, 1.54) is 6.07 Å².